The predicted octanol–water partition coefficient (Wildman–Crippen LogP) is 4.76. The van der Waals surface area contributed by atoms with Gasteiger partial charge in [0.25, 0.3) is 5.70 Å². The van der Waals surface area contributed by atoms with E-state index >= 15 is 0 Å². The number of methoxy groups -OCH3 is 1. The maximum Gasteiger partial charge on any atom is 0.310 e. The molecule has 2 rings (SSSR count). The Bertz CT molecular complexity index is 710. The second-order valence-electron chi connectivity index (χ2n) is 5.30. The quantitative estimate of drug-likeness (QED) is 0.379. The second-order valence-corrected chi connectivity index (χ2v) is 6.61. The Labute approximate surface area is 164 Å². The molecular weight excluding hydrogens is 366 g/mol. The molecule has 0 saturated heterocycles. The maximum atomic E-state index is 11.5. The van der Waals surface area contributed by atoms with E-state index in [0.29, 0.717) is 17.9 Å². The molecule has 0 radical (unpaired) electrons. The predicted molar refractivity (Wildman–Crippen MR) is 108 cm³/mol. The highest BCUT2D eigenvalue weighted by molar-refractivity contribution is 8.03. The van der Waals surface area contributed by atoms with Crippen LogP contribution in [0.1, 0.15) is 26.7 Å². The zero-order valence-electron chi connectivity index (χ0n) is 15.8. The third-order valence-electron chi connectivity index (χ3n) is 3.39. The molecule has 6 nitrogen and oxygen atoms in total. The summed E-state index contributed by atoms with van der Waals surface area (Å²) < 4.78 is 9.80. The molecule has 1 aliphatic rings. The lowest BCUT2D eigenvalue weighted by Gasteiger charge is -2.04. The first-order valence-corrected chi connectivity index (χ1v) is 9.63. The van der Waals surface area contributed by atoms with Crippen molar-refractivity contribution in [2.45, 2.75) is 26.7 Å². The van der Waals surface area contributed by atoms with E-state index in [1.54, 1.807) is 26.2 Å². The van der Waals surface area contributed by atoms with Crippen molar-refractivity contribution in [1.29, 1.82) is 0 Å². The Morgan fingerprint density at radius 2 is 1.93 bits per heavy atom. The number of carbonyl (C=O) groups is 1. The van der Waals surface area contributed by atoms with Crippen molar-refractivity contribution >= 4 is 17.7 Å². The molecule has 0 atom stereocenters. The van der Waals surface area contributed by atoms with Gasteiger partial charge < -0.3 is 9.47 Å². The maximum absolute atomic E-state index is 11.5. The molecule has 7 heteroatoms. The number of benzene rings is 1. The van der Waals surface area contributed by atoms with Gasteiger partial charge in [0.2, 0.25) is 0 Å². The number of allylic oxidation sites excluding steroid dienone is 3. The number of nitrogens with zero attached hydrogens (tertiary/aromatic N) is 1. The van der Waals surface area contributed by atoms with Gasteiger partial charge in [-0.25, -0.2) is 0 Å². The lowest BCUT2D eigenvalue weighted by atomic mass is 10.1. The molecule has 27 heavy (non-hydrogen) atoms. The van der Waals surface area contributed by atoms with Gasteiger partial charge in [0.1, 0.15) is 5.75 Å². The fraction of sp³-hybridized carbons (Fsp3) is 0.350. The van der Waals surface area contributed by atoms with Crippen LogP contribution in [-0.2, 0) is 9.53 Å². The zero-order chi connectivity index (χ0) is 20.1. The highest BCUT2D eigenvalue weighted by Gasteiger charge is 2.20. The van der Waals surface area contributed by atoms with E-state index in [-0.39, 0.29) is 23.0 Å². The number of hydrogen-bond acceptors (Lipinski definition) is 6. The van der Waals surface area contributed by atoms with Gasteiger partial charge in [0.15, 0.2) is 0 Å². The molecule has 0 heterocycles. The Balaban J connectivity index is 0.000000377. The minimum Gasteiger partial charge on any atom is -0.497 e. The first-order chi connectivity index (χ1) is 13.0. The summed E-state index contributed by atoms with van der Waals surface area (Å²) in [4.78, 5) is 22.7. The molecule has 0 fully saturated rings. The Kier molecular flexibility index (Phi) is 10.6. The smallest absolute Gasteiger partial charge is 0.310 e. The molecule has 0 saturated carbocycles. The van der Waals surface area contributed by atoms with E-state index in [2.05, 4.69) is 0 Å². The second kappa shape index (κ2) is 12.8. The fourth-order valence-electron chi connectivity index (χ4n) is 2.22. The molecule has 0 aromatic heterocycles. The Morgan fingerprint density at radius 1 is 1.22 bits per heavy atom. The molecule has 0 unspecified atom stereocenters. The van der Waals surface area contributed by atoms with Crippen molar-refractivity contribution < 1.29 is 19.2 Å². The number of nitro groups is 1. The first-order valence-electron chi connectivity index (χ1n) is 8.64. The van der Waals surface area contributed by atoms with Gasteiger partial charge >= 0.3 is 5.97 Å². The topological polar surface area (TPSA) is 78.7 Å². The van der Waals surface area contributed by atoms with Crippen molar-refractivity contribution in [2.24, 2.45) is 0 Å². The molecule has 0 aliphatic heterocycles. The number of hydrogen-bond donors (Lipinski definition) is 0. The zero-order valence-corrected chi connectivity index (χ0v) is 16.7. The van der Waals surface area contributed by atoms with Crippen LogP contribution in [0.15, 0.2) is 64.7 Å². The average molecular weight is 391 g/mol. The molecule has 1 aromatic carbocycles. The summed E-state index contributed by atoms with van der Waals surface area (Å²) in [5.41, 5.74) is 0.879. The minimum absolute atomic E-state index is 0.113. The number of para-hydroxylation sites is 1. The normalized spacial score (nSPS) is 13.1. The highest BCUT2D eigenvalue weighted by atomic mass is 32.2. The lowest BCUT2D eigenvalue weighted by Crippen LogP contribution is -2.05. The van der Waals surface area contributed by atoms with Crippen molar-refractivity contribution in [2.75, 3.05) is 19.5 Å². The standard InChI is InChI=1S/C13H17NO4S.C7H8O/c1-3-18-13(15)9-10-6-5-7-11(14(16)17)12(8-10)19-4-2;1-8-7-5-3-2-4-6-7/h6-8H,3-5,9H2,1-2H3;2-6H,1H3. The largest absolute Gasteiger partial charge is 0.497 e. The van der Waals surface area contributed by atoms with Crippen molar-refractivity contribution in [1.82, 2.24) is 0 Å². The van der Waals surface area contributed by atoms with Crippen LogP contribution in [0.25, 0.3) is 0 Å². The molecular formula is C20H25NO5S. The first kappa shape index (κ1) is 22.5. The van der Waals surface area contributed by atoms with E-state index in [0.717, 1.165) is 17.1 Å². The van der Waals surface area contributed by atoms with E-state index in [1.807, 2.05) is 43.3 Å². The van der Waals surface area contributed by atoms with Gasteiger partial charge in [-0.15, -0.1) is 11.8 Å². The summed E-state index contributed by atoms with van der Waals surface area (Å²) in [6.45, 7) is 4.02. The molecule has 0 spiro atoms. The van der Waals surface area contributed by atoms with Gasteiger partial charge in [0, 0.05) is 0 Å². The molecule has 0 bridgehead atoms. The van der Waals surface area contributed by atoms with Crippen LogP contribution in [-0.4, -0.2) is 30.4 Å². The molecule has 146 valence electrons. The summed E-state index contributed by atoms with van der Waals surface area (Å²) in [7, 11) is 1.66. The van der Waals surface area contributed by atoms with Gasteiger partial charge in [0.05, 0.1) is 30.0 Å². The number of thioether (sulfide) groups is 1. The number of rotatable bonds is 7. The summed E-state index contributed by atoms with van der Waals surface area (Å²) >= 11 is 1.40. The molecule has 0 amide bonds. The fourth-order valence-corrected chi connectivity index (χ4v) is 3.07. The number of carbonyl (C=O) groups excluding carboxylic acids is 1. The highest BCUT2D eigenvalue weighted by Crippen LogP contribution is 2.29. The van der Waals surface area contributed by atoms with Gasteiger partial charge in [-0.3, -0.25) is 14.9 Å². The third kappa shape index (κ3) is 8.59. The van der Waals surface area contributed by atoms with E-state index in [1.165, 1.54) is 11.8 Å². The Hall–Kier alpha value is -2.54. The van der Waals surface area contributed by atoms with Gasteiger partial charge in [-0.1, -0.05) is 31.2 Å². The number of esters is 1. The lowest BCUT2D eigenvalue weighted by molar-refractivity contribution is -0.419. The molecule has 0 N–H and O–H groups in total. The monoisotopic (exact) mass is 391 g/mol. The van der Waals surface area contributed by atoms with Crippen LogP contribution in [0.2, 0.25) is 0 Å². The summed E-state index contributed by atoms with van der Waals surface area (Å²) in [6, 6.07) is 9.68. The SMILES string of the molecule is CCOC(=O)CC1=CCC=C([N+](=O)[O-])C(SCC)=C1.COc1ccccc1. The van der Waals surface area contributed by atoms with Crippen molar-refractivity contribution in [3.63, 3.8) is 0 Å². The van der Waals surface area contributed by atoms with Crippen LogP contribution < -0.4 is 4.74 Å². The summed E-state index contributed by atoms with van der Waals surface area (Å²) in [6.07, 6.45) is 5.72. The molecule has 1 aromatic rings. The minimum atomic E-state index is -0.379. The van der Waals surface area contributed by atoms with E-state index in [9.17, 15) is 14.9 Å². The van der Waals surface area contributed by atoms with Crippen LogP contribution in [0, 0.1) is 10.1 Å². The third-order valence-corrected chi connectivity index (χ3v) is 4.32. The van der Waals surface area contributed by atoms with Crippen LogP contribution in [0.3, 0.4) is 0 Å². The summed E-state index contributed by atoms with van der Waals surface area (Å²) in [5.74, 6) is 1.34. The molecule has 1 aliphatic carbocycles. The van der Waals surface area contributed by atoms with Crippen LogP contribution in [0.4, 0.5) is 0 Å². The van der Waals surface area contributed by atoms with Gasteiger partial charge in [-0.05, 0) is 49.0 Å². The summed E-state index contributed by atoms with van der Waals surface area (Å²) in [5, 5.41) is 11.0. The van der Waals surface area contributed by atoms with Crippen LogP contribution >= 0.6 is 11.8 Å². The van der Waals surface area contributed by atoms with Crippen LogP contribution in [0.5, 0.6) is 5.75 Å². The van der Waals surface area contributed by atoms with Crippen molar-refractivity contribution in [3.8, 4) is 5.75 Å². The van der Waals surface area contributed by atoms with Crippen molar-refractivity contribution in [3.05, 3.63) is 74.8 Å². The van der Waals surface area contributed by atoms with E-state index < -0.39 is 0 Å². The average Bonchev–Trinajstić information content (AvgIpc) is 2.85. The number of ether oxygens (including phenoxy) is 2. The van der Waals surface area contributed by atoms with Gasteiger partial charge in [-0.2, -0.15) is 0 Å². The Morgan fingerprint density at radius 3 is 2.44 bits per heavy atom. The van der Waals surface area contributed by atoms with E-state index in [4.69, 9.17) is 9.47 Å².